The third-order valence-electron chi connectivity index (χ3n) is 4.14. The van der Waals surface area contributed by atoms with Crippen molar-refractivity contribution >= 4 is 0 Å². The van der Waals surface area contributed by atoms with Gasteiger partial charge in [0.15, 0.2) is 0 Å². The normalized spacial score (nSPS) is 22.9. The van der Waals surface area contributed by atoms with E-state index in [0.29, 0.717) is 11.5 Å². The average Bonchev–Trinajstić information content (AvgIpc) is 2.66. The number of nitrogens with zero attached hydrogens (tertiary/aromatic N) is 1. The monoisotopic (exact) mass is 232 g/mol. The Morgan fingerprint density at radius 1 is 1.47 bits per heavy atom. The molecule has 1 aliphatic rings. The van der Waals surface area contributed by atoms with E-state index in [0.717, 1.165) is 13.0 Å². The molecule has 1 aromatic heterocycles. The zero-order chi connectivity index (χ0) is 12.3. The summed E-state index contributed by atoms with van der Waals surface area (Å²) >= 11 is 0. The van der Waals surface area contributed by atoms with Crippen LogP contribution in [0, 0.1) is 5.41 Å². The van der Waals surface area contributed by atoms with Crippen LogP contribution in [0.2, 0.25) is 0 Å². The van der Waals surface area contributed by atoms with Crippen LogP contribution in [-0.4, -0.2) is 11.0 Å². The molecule has 1 N–H and O–H groups in total. The zero-order valence-electron chi connectivity index (χ0n) is 11.3. The van der Waals surface area contributed by atoms with E-state index in [1.54, 1.807) is 0 Å². The van der Waals surface area contributed by atoms with E-state index in [9.17, 15) is 0 Å². The molecule has 2 heteroatoms. The minimum absolute atomic E-state index is 0.446. The lowest BCUT2D eigenvalue weighted by Crippen LogP contribution is -2.37. The van der Waals surface area contributed by atoms with Crippen LogP contribution in [0.3, 0.4) is 0 Å². The molecule has 1 fully saturated rings. The molecule has 94 valence electrons. The Morgan fingerprint density at radius 3 is 2.94 bits per heavy atom. The highest BCUT2D eigenvalue weighted by molar-refractivity contribution is 5.19. The van der Waals surface area contributed by atoms with Crippen LogP contribution in [0.5, 0.6) is 0 Å². The first-order valence-electron chi connectivity index (χ1n) is 6.79. The highest BCUT2D eigenvalue weighted by Crippen LogP contribution is 2.37. The molecule has 0 saturated heterocycles. The summed E-state index contributed by atoms with van der Waals surface area (Å²) in [6.07, 6.45) is 6.97. The maximum absolute atomic E-state index is 4.50. The van der Waals surface area contributed by atoms with Gasteiger partial charge in [-0.05, 0) is 36.3 Å². The van der Waals surface area contributed by atoms with Crippen molar-refractivity contribution < 1.29 is 0 Å². The van der Waals surface area contributed by atoms with Gasteiger partial charge in [-0.3, -0.25) is 4.98 Å². The molecule has 1 unspecified atom stereocenters. The van der Waals surface area contributed by atoms with Gasteiger partial charge in [-0.25, -0.2) is 0 Å². The molecule has 1 saturated carbocycles. The number of hydrogen-bond donors (Lipinski definition) is 1. The van der Waals surface area contributed by atoms with Gasteiger partial charge in [0, 0.05) is 18.8 Å². The summed E-state index contributed by atoms with van der Waals surface area (Å²) in [5, 5.41) is 3.70. The van der Waals surface area contributed by atoms with Crippen LogP contribution in [0.15, 0.2) is 18.3 Å². The molecule has 1 aliphatic carbocycles. The number of rotatable bonds is 4. The minimum Gasteiger partial charge on any atom is -0.308 e. The second-order valence-electron chi connectivity index (χ2n) is 5.78. The van der Waals surface area contributed by atoms with Crippen molar-refractivity contribution in [3.63, 3.8) is 0 Å². The van der Waals surface area contributed by atoms with E-state index < -0.39 is 0 Å². The fraction of sp³-hybridized carbons (Fsp3) is 0.667. The predicted octanol–water partition coefficient (Wildman–Crippen LogP) is 3.31. The number of aromatic nitrogens is 1. The van der Waals surface area contributed by atoms with Crippen LogP contribution >= 0.6 is 0 Å². The number of pyridine rings is 1. The van der Waals surface area contributed by atoms with Crippen molar-refractivity contribution in [1.29, 1.82) is 0 Å². The van der Waals surface area contributed by atoms with E-state index in [1.165, 1.54) is 30.5 Å². The first-order chi connectivity index (χ1) is 8.13. The standard InChI is InChI=1S/C15H24N2/c1-4-12-7-6-10-16-13(12)11-17-14-8-5-9-15(14,2)3/h6-7,10,14,17H,4-5,8-9,11H2,1-3H3. The minimum atomic E-state index is 0.446. The van der Waals surface area contributed by atoms with Gasteiger partial charge < -0.3 is 5.32 Å². The Bertz CT molecular complexity index is 371. The van der Waals surface area contributed by atoms with Gasteiger partial charge in [0.1, 0.15) is 0 Å². The molecule has 0 amide bonds. The molecule has 0 bridgehead atoms. The highest BCUT2D eigenvalue weighted by Gasteiger charge is 2.33. The third-order valence-corrected chi connectivity index (χ3v) is 4.14. The average molecular weight is 232 g/mol. The summed E-state index contributed by atoms with van der Waals surface area (Å²) in [5.41, 5.74) is 3.04. The maximum Gasteiger partial charge on any atom is 0.0573 e. The van der Waals surface area contributed by atoms with E-state index in [1.807, 2.05) is 12.3 Å². The van der Waals surface area contributed by atoms with Gasteiger partial charge in [0.25, 0.3) is 0 Å². The lowest BCUT2D eigenvalue weighted by atomic mass is 9.87. The summed E-state index contributed by atoms with van der Waals surface area (Å²) in [7, 11) is 0. The summed E-state index contributed by atoms with van der Waals surface area (Å²) < 4.78 is 0. The summed E-state index contributed by atoms with van der Waals surface area (Å²) in [5.74, 6) is 0. The first-order valence-corrected chi connectivity index (χ1v) is 6.79. The molecular formula is C15H24N2. The van der Waals surface area contributed by atoms with Crippen LogP contribution in [-0.2, 0) is 13.0 Å². The van der Waals surface area contributed by atoms with Gasteiger partial charge in [0.2, 0.25) is 0 Å². The van der Waals surface area contributed by atoms with Gasteiger partial charge >= 0.3 is 0 Å². The van der Waals surface area contributed by atoms with Crippen molar-refractivity contribution in [2.24, 2.45) is 5.41 Å². The van der Waals surface area contributed by atoms with Crippen molar-refractivity contribution in [1.82, 2.24) is 10.3 Å². The topological polar surface area (TPSA) is 24.9 Å². The second kappa shape index (κ2) is 5.18. The molecular weight excluding hydrogens is 208 g/mol. The molecule has 1 heterocycles. The van der Waals surface area contributed by atoms with Crippen LogP contribution in [0.4, 0.5) is 0 Å². The molecule has 0 radical (unpaired) electrons. The highest BCUT2D eigenvalue weighted by atomic mass is 15.0. The SMILES string of the molecule is CCc1cccnc1CNC1CCCC1(C)C. The third kappa shape index (κ3) is 2.86. The Kier molecular flexibility index (Phi) is 3.82. The van der Waals surface area contributed by atoms with E-state index in [2.05, 4.69) is 37.1 Å². The molecule has 0 aromatic carbocycles. The summed E-state index contributed by atoms with van der Waals surface area (Å²) in [6.45, 7) is 7.85. The van der Waals surface area contributed by atoms with Crippen molar-refractivity contribution in [2.75, 3.05) is 0 Å². The van der Waals surface area contributed by atoms with Gasteiger partial charge in [-0.15, -0.1) is 0 Å². The summed E-state index contributed by atoms with van der Waals surface area (Å²) in [4.78, 5) is 4.50. The van der Waals surface area contributed by atoms with E-state index >= 15 is 0 Å². The Morgan fingerprint density at radius 2 is 2.29 bits per heavy atom. The number of nitrogens with one attached hydrogen (secondary N) is 1. The lowest BCUT2D eigenvalue weighted by molar-refractivity contribution is 0.281. The van der Waals surface area contributed by atoms with Crippen molar-refractivity contribution in [3.05, 3.63) is 29.6 Å². The molecule has 2 nitrogen and oxygen atoms in total. The lowest BCUT2D eigenvalue weighted by Gasteiger charge is -2.28. The predicted molar refractivity (Wildman–Crippen MR) is 71.9 cm³/mol. The Labute approximate surface area is 105 Å². The molecule has 0 aliphatic heterocycles. The van der Waals surface area contributed by atoms with E-state index in [4.69, 9.17) is 0 Å². The maximum atomic E-state index is 4.50. The molecule has 1 atom stereocenters. The summed E-state index contributed by atoms with van der Waals surface area (Å²) in [6, 6.07) is 4.86. The quantitative estimate of drug-likeness (QED) is 0.861. The van der Waals surface area contributed by atoms with E-state index in [-0.39, 0.29) is 0 Å². The Hall–Kier alpha value is -0.890. The van der Waals surface area contributed by atoms with Crippen molar-refractivity contribution in [2.45, 2.75) is 59.0 Å². The molecule has 2 rings (SSSR count). The van der Waals surface area contributed by atoms with Crippen LogP contribution < -0.4 is 5.32 Å². The smallest absolute Gasteiger partial charge is 0.0573 e. The molecule has 0 spiro atoms. The second-order valence-corrected chi connectivity index (χ2v) is 5.78. The zero-order valence-corrected chi connectivity index (χ0v) is 11.3. The number of aryl methyl sites for hydroxylation is 1. The molecule has 17 heavy (non-hydrogen) atoms. The largest absolute Gasteiger partial charge is 0.308 e. The van der Waals surface area contributed by atoms with Gasteiger partial charge in [0.05, 0.1) is 5.69 Å². The van der Waals surface area contributed by atoms with Crippen molar-refractivity contribution in [3.8, 4) is 0 Å². The molecule has 1 aromatic rings. The fourth-order valence-corrected chi connectivity index (χ4v) is 2.88. The Balaban J connectivity index is 1.98. The van der Waals surface area contributed by atoms with Gasteiger partial charge in [-0.2, -0.15) is 0 Å². The van der Waals surface area contributed by atoms with Gasteiger partial charge in [-0.1, -0.05) is 33.3 Å². The van der Waals surface area contributed by atoms with Crippen LogP contribution in [0.1, 0.15) is 51.3 Å². The number of hydrogen-bond acceptors (Lipinski definition) is 2. The fourth-order valence-electron chi connectivity index (χ4n) is 2.88. The first kappa shape index (κ1) is 12.6. The van der Waals surface area contributed by atoms with Crippen LogP contribution in [0.25, 0.3) is 0 Å².